The maximum absolute atomic E-state index is 13.2. The first-order chi connectivity index (χ1) is 9.06. The number of benzene rings is 1. The third-order valence-electron chi connectivity index (χ3n) is 2.93. The van der Waals surface area contributed by atoms with Crippen molar-refractivity contribution in [1.82, 2.24) is 0 Å². The molecule has 0 saturated heterocycles. The summed E-state index contributed by atoms with van der Waals surface area (Å²) in [6, 6.07) is 3.90. The molecule has 20 heavy (non-hydrogen) atoms. The van der Waals surface area contributed by atoms with Crippen LogP contribution in [0.15, 0.2) is 30.3 Å². The molecule has 0 saturated carbocycles. The molecule has 0 N–H and O–H groups in total. The molecular weight excluding hydrogens is 285 g/mol. The topological polar surface area (TPSA) is 9.23 Å². The Labute approximate surface area is 113 Å². The molecule has 1 aromatic rings. The van der Waals surface area contributed by atoms with Crippen molar-refractivity contribution in [3.05, 3.63) is 35.9 Å². The molecule has 112 valence electrons. The first kappa shape index (κ1) is 16.9. The highest BCUT2D eigenvalue weighted by Crippen LogP contribution is 2.53. The summed E-state index contributed by atoms with van der Waals surface area (Å²) >= 11 is 0. The van der Waals surface area contributed by atoms with E-state index in [0.717, 1.165) is 24.3 Å². The zero-order chi connectivity index (χ0) is 15.6. The Bertz CT molecular complexity index is 414. The molecule has 0 aliphatic carbocycles. The minimum atomic E-state index is -5.62. The number of ether oxygens (including phenoxy) is 1. The molecule has 0 spiro atoms. The highest BCUT2D eigenvalue weighted by Gasteiger charge is 2.73. The van der Waals surface area contributed by atoms with Gasteiger partial charge in [0.05, 0.1) is 0 Å². The zero-order valence-electron chi connectivity index (χ0n) is 10.8. The van der Waals surface area contributed by atoms with E-state index >= 15 is 0 Å². The second-order valence-electron chi connectivity index (χ2n) is 4.38. The van der Waals surface area contributed by atoms with Gasteiger partial charge in [0, 0.05) is 11.6 Å². The van der Waals surface area contributed by atoms with Crippen LogP contribution in [0.5, 0.6) is 0 Å². The monoisotopic (exact) mass is 298 g/mol. The lowest BCUT2D eigenvalue weighted by atomic mass is 9.89. The highest BCUT2D eigenvalue weighted by molar-refractivity contribution is 6.11. The van der Waals surface area contributed by atoms with Crippen LogP contribution in [0.2, 0.25) is 0 Å². The Kier molecular flexibility index (Phi) is 4.79. The van der Waals surface area contributed by atoms with Crippen LogP contribution in [0, 0.1) is 0 Å². The van der Waals surface area contributed by atoms with E-state index in [0.29, 0.717) is 0 Å². The molecule has 1 nitrogen and oxygen atoms in total. The van der Waals surface area contributed by atoms with Crippen molar-refractivity contribution in [3.63, 3.8) is 0 Å². The molecule has 1 rings (SSSR count). The van der Waals surface area contributed by atoms with Crippen molar-refractivity contribution in [2.24, 2.45) is 0 Å². The summed E-state index contributed by atoms with van der Waals surface area (Å²) in [5.41, 5.74) is -5.28. The molecule has 0 bridgehead atoms. The van der Waals surface area contributed by atoms with E-state index in [1.807, 2.05) is 0 Å². The van der Waals surface area contributed by atoms with Gasteiger partial charge in [-0.25, -0.2) is 0 Å². The Balaban J connectivity index is 3.51. The summed E-state index contributed by atoms with van der Waals surface area (Å²) in [5, 5.41) is 0. The van der Waals surface area contributed by atoms with Crippen LogP contribution in [0.3, 0.4) is 0 Å². The predicted molar refractivity (Wildman–Crippen MR) is 63.9 cm³/mol. The van der Waals surface area contributed by atoms with Gasteiger partial charge in [0.2, 0.25) is 0 Å². The normalized spacial score (nSPS) is 15.2. The Morgan fingerprint density at radius 2 is 1.45 bits per heavy atom. The SMILES string of the molecule is BC(CC)OC(c1ccccc1)(C(F)(F)F)C(F)(F)F. The van der Waals surface area contributed by atoms with Crippen molar-refractivity contribution >= 4 is 7.85 Å². The van der Waals surface area contributed by atoms with Crippen LogP contribution in [0.4, 0.5) is 26.3 Å². The average molecular weight is 298 g/mol. The largest absolute Gasteiger partial charge is 0.430 e. The molecule has 0 heterocycles. The second kappa shape index (κ2) is 5.67. The van der Waals surface area contributed by atoms with Crippen LogP contribution < -0.4 is 0 Å². The molecule has 1 atom stereocenters. The van der Waals surface area contributed by atoms with E-state index < -0.39 is 29.5 Å². The summed E-state index contributed by atoms with van der Waals surface area (Å²) in [5.74, 6) is 0. The number of hydrogen-bond acceptors (Lipinski definition) is 1. The molecule has 0 aliphatic rings. The van der Waals surface area contributed by atoms with Crippen molar-refractivity contribution in [1.29, 1.82) is 0 Å². The van der Waals surface area contributed by atoms with E-state index in [1.54, 1.807) is 0 Å². The van der Waals surface area contributed by atoms with Gasteiger partial charge in [0.1, 0.15) is 7.85 Å². The fraction of sp³-hybridized carbons (Fsp3) is 0.500. The fourth-order valence-corrected chi connectivity index (χ4v) is 1.75. The van der Waals surface area contributed by atoms with Gasteiger partial charge < -0.3 is 4.74 Å². The van der Waals surface area contributed by atoms with Gasteiger partial charge in [-0.05, 0) is 6.42 Å². The Morgan fingerprint density at radius 1 is 1.00 bits per heavy atom. The van der Waals surface area contributed by atoms with Crippen molar-refractivity contribution in [2.45, 2.75) is 37.3 Å². The average Bonchev–Trinajstić information content (AvgIpc) is 2.33. The zero-order valence-corrected chi connectivity index (χ0v) is 10.8. The lowest BCUT2D eigenvalue weighted by Gasteiger charge is -2.39. The minimum absolute atomic E-state index is 0.0285. The molecule has 0 aliphatic heterocycles. The lowest BCUT2D eigenvalue weighted by Crippen LogP contribution is -2.57. The number of hydrogen-bond donors (Lipinski definition) is 0. The molecule has 1 unspecified atom stereocenters. The maximum Gasteiger partial charge on any atom is 0.430 e. The van der Waals surface area contributed by atoms with E-state index in [-0.39, 0.29) is 6.42 Å². The summed E-state index contributed by atoms with van der Waals surface area (Å²) in [7, 11) is 1.18. The summed E-state index contributed by atoms with van der Waals surface area (Å²) in [6.45, 7) is 1.45. The van der Waals surface area contributed by atoms with Gasteiger partial charge >= 0.3 is 12.4 Å². The summed E-state index contributed by atoms with van der Waals surface area (Å²) in [6.07, 6.45) is -11.2. The van der Waals surface area contributed by atoms with Gasteiger partial charge in [-0.15, -0.1) is 0 Å². The van der Waals surface area contributed by atoms with E-state index in [9.17, 15) is 26.3 Å². The van der Waals surface area contributed by atoms with E-state index in [2.05, 4.69) is 4.74 Å². The molecule has 1 aromatic carbocycles. The van der Waals surface area contributed by atoms with Crippen LogP contribution in [0.1, 0.15) is 18.9 Å². The van der Waals surface area contributed by atoms with Gasteiger partial charge in [-0.1, -0.05) is 37.3 Å². The third-order valence-corrected chi connectivity index (χ3v) is 2.93. The van der Waals surface area contributed by atoms with Gasteiger partial charge in [-0.3, -0.25) is 0 Å². The fourth-order valence-electron chi connectivity index (χ4n) is 1.75. The van der Waals surface area contributed by atoms with E-state index in [1.165, 1.54) is 20.8 Å². The first-order valence-corrected chi connectivity index (χ1v) is 5.93. The molecule has 8 heteroatoms. The number of alkyl halides is 6. The molecule has 0 fully saturated rings. The third kappa shape index (κ3) is 2.94. The molecule has 0 radical (unpaired) electrons. The van der Waals surface area contributed by atoms with Gasteiger partial charge in [-0.2, -0.15) is 26.3 Å². The molecule has 0 aromatic heterocycles. The lowest BCUT2D eigenvalue weighted by molar-refractivity contribution is -0.393. The summed E-state index contributed by atoms with van der Waals surface area (Å²) < 4.78 is 83.7. The number of rotatable bonds is 4. The van der Waals surface area contributed by atoms with Crippen molar-refractivity contribution in [2.75, 3.05) is 0 Å². The van der Waals surface area contributed by atoms with Gasteiger partial charge in [0.25, 0.3) is 5.60 Å². The number of halogens is 6. The summed E-state index contributed by atoms with van der Waals surface area (Å²) in [4.78, 5) is 0. The first-order valence-electron chi connectivity index (χ1n) is 5.93. The Hall–Kier alpha value is -1.18. The van der Waals surface area contributed by atoms with Crippen LogP contribution >= 0.6 is 0 Å². The van der Waals surface area contributed by atoms with Crippen LogP contribution in [-0.2, 0) is 10.3 Å². The minimum Gasteiger partial charge on any atom is -0.360 e. The molecular formula is C12H13BF6O. The predicted octanol–water partition coefficient (Wildman–Crippen LogP) is 3.39. The standard InChI is InChI=1S/C12H13BF6O/c1-2-9(13)20-10(11(14,15)16,12(17,18)19)8-6-4-3-5-7-8/h3-7,9H,2,13H2,1H3. The molecule has 0 amide bonds. The Morgan fingerprint density at radius 3 is 1.80 bits per heavy atom. The van der Waals surface area contributed by atoms with Crippen LogP contribution in [0.25, 0.3) is 0 Å². The van der Waals surface area contributed by atoms with Gasteiger partial charge in [0.15, 0.2) is 0 Å². The smallest absolute Gasteiger partial charge is 0.360 e. The second-order valence-corrected chi connectivity index (χ2v) is 4.38. The van der Waals surface area contributed by atoms with Crippen molar-refractivity contribution < 1.29 is 31.1 Å². The van der Waals surface area contributed by atoms with Crippen LogP contribution in [-0.4, -0.2) is 26.2 Å². The quantitative estimate of drug-likeness (QED) is 0.611. The van der Waals surface area contributed by atoms with Crippen molar-refractivity contribution in [3.8, 4) is 0 Å². The maximum atomic E-state index is 13.2. The van der Waals surface area contributed by atoms with E-state index in [4.69, 9.17) is 0 Å². The highest BCUT2D eigenvalue weighted by atomic mass is 19.4.